The number of methoxy groups -OCH3 is 1. The Bertz CT molecular complexity index is 1000. The van der Waals surface area contributed by atoms with Crippen LogP contribution in [0.5, 0.6) is 5.75 Å². The van der Waals surface area contributed by atoms with Crippen molar-refractivity contribution in [1.82, 2.24) is 5.43 Å². The molecule has 4 nitrogen and oxygen atoms in total. The first-order valence-corrected chi connectivity index (χ1v) is 9.75. The summed E-state index contributed by atoms with van der Waals surface area (Å²) in [6.07, 6.45) is 3.86. The van der Waals surface area contributed by atoms with Crippen molar-refractivity contribution in [2.75, 3.05) is 7.11 Å². The van der Waals surface area contributed by atoms with Gasteiger partial charge in [0.05, 0.1) is 16.4 Å². The van der Waals surface area contributed by atoms with Gasteiger partial charge < -0.3 is 4.74 Å². The van der Waals surface area contributed by atoms with Crippen LogP contribution < -0.4 is 10.2 Å². The van der Waals surface area contributed by atoms with E-state index in [0.717, 1.165) is 20.4 Å². The predicted molar refractivity (Wildman–Crippen MR) is 122 cm³/mol. The van der Waals surface area contributed by atoms with Gasteiger partial charge in [0.15, 0.2) is 0 Å². The van der Waals surface area contributed by atoms with Crippen LogP contribution in [0.15, 0.2) is 90.0 Å². The molecule has 0 saturated carbocycles. The Kier molecular flexibility index (Phi) is 6.97. The maximum Gasteiger partial charge on any atom is 0.271 e. The van der Waals surface area contributed by atoms with Gasteiger partial charge in [0.25, 0.3) is 5.91 Å². The number of hydrazone groups is 1. The summed E-state index contributed by atoms with van der Waals surface area (Å²) in [6.45, 7) is 0. The van der Waals surface area contributed by atoms with Crippen molar-refractivity contribution in [3.63, 3.8) is 0 Å². The van der Waals surface area contributed by atoms with Crippen LogP contribution in [0.3, 0.4) is 0 Å². The Morgan fingerprint density at radius 1 is 0.964 bits per heavy atom. The maximum absolute atomic E-state index is 12.5. The molecule has 1 amide bonds. The van der Waals surface area contributed by atoms with E-state index in [9.17, 15) is 4.79 Å². The second-order valence-corrected chi connectivity index (χ2v) is 7.06. The highest BCUT2D eigenvalue weighted by molar-refractivity contribution is 14.1. The van der Waals surface area contributed by atoms with Crippen LogP contribution in [0.4, 0.5) is 0 Å². The Morgan fingerprint density at radius 3 is 2.29 bits per heavy atom. The first kappa shape index (κ1) is 19.8. The Labute approximate surface area is 178 Å². The largest absolute Gasteiger partial charge is 0.496 e. The van der Waals surface area contributed by atoms with E-state index < -0.39 is 0 Å². The number of halogens is 1. The van der Waals surface area contributed by atoms with Crippen LogP contribution in [0, 0.1) is 3.57 Å². The lowest BCUT2D eigenvalue weighted by atomic mass is 10.1. The number of amides is 1. The zero-order chi connectivity index (χ0) is 19.8. The summed E-state index contributed by atoms with van der Waals surface area (Å²) in [5.41, 5.74) is 5.81. The van der Waals surface area contributed by atoms with E-state index in [4.69, 9.17) is 4.74 Å². The number of hydrogen-bond donors (Lipinski definition) is 1. The summed E-state index contributed by atoms with van der Waals surface area (Å²) in [6, 6.07) is 24.9. The maximum atomic E-state index is 12.5. The third-order valence-electron chi connectivity index (χ3n) is 3.99. The molecule has 0 bridgehead atoms. The van der Waals surface area contributed by atoms with Gasteiger partial charge in [-0.2, -0.15) is 5.10 Å². The quantitative estimate of drug-likeness (QED) is 0.300. The van der Waals surface area contributed by atoms with Gasteiger partial charge in [-0.05, 0) is 52.4 Å². The van der Waals surface area contributed by atoms with Crippen LogP contribution in [0.2, 0.25) is 0 Å². The van der Waals surface area contributed by atoms with Gasteiger partial charge in [-0.15, -0.1) is 0 Å². The Hall–Kier alpha value is -2.93. The molecule has 0 aliphatic carbocycles. The molecule has 1 N–H and O–H groups in total. The van der Waals surface area contributed by atoms with Crippen LogP contribution in [0.25, 0.3) is 6.08 Å². The van der Waals surface area contributed by atoms with Crippen LogP contribution in [-0.2, 0) is 0 Å². The van der Waals surface area contributed by atoms with Gasteiger partial charge in [-0.1, -0.05) is 66.7 Å². The minimum atomic E-state index is -0.276. The molecular formula is C23H19IN2O2. The molecule has 3 aromatic carbocycles. The molecule has 140 valence electrons. The predicted octanol–water partition coefficient (Wildman–Crippen LogP) is 5.15. The Morgan fingerprint density at radius 2 is 1.64 bits per heavy atom. The number of carbonyl (C=O) groups excluding carboxylic acids is 1. The molecule has 0 atom stereocenters. The van der Waals surface area contributed by atoms with Crippen molar-refractivity contribution >= 4 is 40.3 Å². The first-order chi connectivity index (χ1) is 13.7. The fourth-order valence-electron chi connectivity index (χ4n) is 2.53. The second kappa shape index (κ2) is 9.85. The van der Waals surface area contributed by atoms with E-state index in [2.05, 4.69) is 33.1 Å². The van der Waals surface area contributed by atoms with Crippen molar-refractivity contribution in [2.24, 2.45) is 5.10 Å². The summed E-state index contributed by atoms with van der Waals surface area (Å²) < 4.78 is 6.10. The second-order valence-electron chi connectivity index (χ2n) is 5.90. The molecule has 5 heteroatoms. The fraction of sp³-hybridized carbons (Fsp3) is 0.0435. The molecule has 28 heavy (non-hydrogen) atoms. The Balaban J connectivity index is 1.83. The van der Waals surface area contributed by atoms with Crippen molar-refractivity contribution in [2.45, 2.75) is 0 Å². The minimum Gasteiger partial charge on any atom is -0.496 e. The molecule has 0 unspecified atom stereocenters. The van der Waals surface area contributed by atoms with Gasteiger partial charge in [-0.3, -0.25) is 4.79 Å². The van der Waals surface area contributed by atoms with E-state index in [1.165, 1.54) is 0 Å². The number of nitrogens with zero attached hydrogens (tertiary/aromatic N) is 1. The molecule has 0 radical (unpaired) electrons. The van der Waals surface area contributed by atoms with Crippen LogP contribution >= 0.6 is 22.6 Å². The van der Waals surface area contributed by atoms with Gasteiger partial charge in [-0.25, -0.2) is 5.43 Å². The third kappa shape index (κ3) is 5.29. The smallest absolute Gasteiger partial charge is 0.271 e. The van der Waals surface area contributed by atoms with Crippen molar-refractivity contribution < 1.29 is 9.53 Å². The average molecular weight is 482 g/mol. The molecule has 0 saturated heterocycles. The number of rotatable bonds is 6. The molecule has 0 aliphatic heterocycles. The van der Waals surface area contributed by atoms with Crippen molar-refractivity contribution in [1.29, 1.82) is 0 Å². The van der Waals surface area contributed by atoms with E-state index in [-0.39, 0.29) is 5.91 Å². The zero-order valence-corrected chi connectivity index (χ0v) is 17.5. The lowest BCUT2D eigenvalue weighted by molar-refractivity contribution is 0.0955. The molecule has 3 aromatic rings. The van der Waals surface area contributed by atoms with Gasteiger partial charge in [0, 0.05) is 11.1 Å². The van der Waals surface area contributed by atoms with E-state index in [1.54, 1.807) is 25.3 Å². The first-order valence-electron chi connectivity index (χ1n) is 8.67. The fourth-order valence-corrected chi connectivity index (χ4v) is 3.26. The van der Waals surface area contributed by atoms with E-state index >= 15 is 0 Å². The number of ether oxygens (including phenoxy) is 1. The van der Waals surface area contributed by atoms with Gasteiger partial charge in [0.1, 0.15) is 5.75 Å². The SMILES string of the molecule is COc1ccc(C(=O)NN=C(/C=C\c2ccccc2)c2ccccc2)cc1I. The van der Waals surface area contributed by atoms with Crippen molar-refractivity contribution in [3.8, 4) is 5.75 Å². The monoisotopic (exact) mass is 482 g/mol. The van der Waals surface area contributed by atoms with E-state index in [1.807, 2.05) is 72.8 Å². The van der Waals surface area contributed by atoms with Crippen molar-refractivity contribution in [3.05, 3.63) is 105 Å². The van der Waals surface area contributed by atoms with Crippen LogP contribution in [-0.4, -0.2) is 18.7 Å². The molecule has 0 fully saturated rings. The number of allylic oxidation sites excluding steroid dienone is 1. The topological polar surface area (TPSA) is 50.7 Å². The summed E-state index contributed by atoms with van der Waals surface area (Å²) in [5, 5.41) is 4.35. The molecule has 0 spiro atoms. The molecule has 0 aromatic heterocycles. The third-order valence-corrected chi connectivity index (χ3v) is 4.84. The molecule has 0 aliphatic rings. The molecule has 0 heterocycles. The highest BCUT2D eigenvalue weighted by atomic mass is 127. The standard InChI is InChI=1S/C23H19IN2O2/c1-28-22-15-13-19(16-20(22)24)23(27)26-25-21(18-10-6-3-7-11-18)14-12-17-8-4-2-5-9-17/h2-16H,1H3,(H,26,27)/b14-12-,25-21?. The van der Waals surface area contributed by atoms with Gasteiger partial charge in [0.2, 0.25) is 0 Å². The minimum absolute atomic E-state index is 0.276. The average Bonchev–Trinajstić information content (AvgIpc) is 2.75. The summed E-state index contributed by atoms with van der Waals surface area (Å²) in [7, 11) is 1.60. The number of benzene rings is 3. The van der Waals surface area contributed by atoms with Crippen LogP contribution in [0.1, 0.15) is 21.5 Å². The summed E-state index contributed by atoms with van der Waals surface area (Å²) in [5.74, 6) is 0.457. The highest BCUT2D eigenvalue weighted by Crippen LogP contribution is 2.21. The summed E-state index contributed by atoms with van der Waals surface area (Å²) in [4.78, 5) is 12.5. The lowest BCUT2D eigenvalue weighted by Gasteiger charge is -2.07. The normalized spacial score (nSPS) is 11.4. The number of nitrogens with one attached hydrogen (secondary N) is 1. The molecule has 3 rings (SSSR count). The van der Waals surface area contributed by atoms with Gasteiger partial charge >= 0.3 is 0 Å². The highest BCUT2D eigenvalue weighted by Gasteiger charge is 2.09. The lowest BCUT2D eigenvalue weighted by Crippen LogP contribution is -2.19. The zero-order valence-electron chi connectivity index (χ0n) is 15.3. The molecular weight excluding hydrogens is 463 g/mol. The number of carbonyl (C=O) groups is 1. The number of hydrogen-bond acceptors (Lipinski definition) is 3. The van der Waals surface area contributed by atoms with E-state index in [0.29, 0.717) is 11.3 Å². The summed E-state index contributed by atoms with van der Waals surface area (Å²) >= 11 is 2.14.